The van der Waals surface area contributed by atoms with Gasteiger partial charge >= 0.3 is 0 Å². The Labute approximate surface area is 147 Å². The van der Waals surface area contributed by atoms with Crippen LogP contribution in [0.2, 0.25) is 0 Å². The van der Waals surface area contributed by atoms with E-state index in [2.05, 4.69) is 25.9 Å². The summed E-state index contributed by atoms with van der Waals surface area (Å²) in [4.78, 5) is 9.17. The number of guanidine groups is 1. The number of rotatable bonds is 6. The van der Waals surface area contributed by atoms with Crippen molar-refractivity contribution in [1.29, 1.82) is 0 Å². The molecule has 2 aromatic heterocycles. The molecule has 0 aliphatic heterocycles. The molecule has 2 heterocycles. The fraction of sp³-hybridized carbons (Fsp3) is 0.647. The first-order valence-electron chi connectivity index (χ1n) is 9.12. The highest BCUT2D eigenvalue weighted by molar-refractivity contribution is 5.80. The topological polar surface area (TPSA) is 93.2 Å². The third-order valence-corrected chi connectivity index (χ3v) is 4.85. The van der Waals surface area contributed by atoms with Crippen LogP contribution >= 0.6 is 0 Å². The monoisotopic (exact) mass is 343 g/mol. The first-order chi connectivity index (χ1) is 12.3. The molecule has 0 amide bonds. The van der Waals surface area contributed by atoms with Crippen LogP contribution in [-0.2, 0) is 20.1 Å². The molecule has 134 valence electrons. The molecular weight excluding hydrogens is 318 g/mol. The molecule has 25 heavy (non-hydrogen) atoms. The molecule has 2 N–H and O–H groups in total. The van der Waals surface area contributed by atoms with Crippen LogP contribution in [-0.4, -0.2) is 31.9 Å². The average molecular weight is 343 g/mol. The zero-order chi connectivity index (χ0) is 17.1. The van der Waals surface area contributed by atoms with E-state index in [1.807, 2.05) is 17.8 Å². The minimum absolute atomic E-state index is 0.488. The lowest BCUT2D eigenvalue weighted by Crippen LogP contribution is -2.42. The molecule has 0 radical (unpaired) electrons. The maximum atomic E-state index is 5.34. The van der Waals surface area contributed by atoms with Crippen LogP contribution < -0.4 is 10.6 Å². The quantitative estimate of drug-likeness (QED) is 0.614. The van der Waals surface area contributed by atoms with Crippen LogP contribution in [0.5, 0.6) is 0 Å². The summed E-state index contributed by atoms with van der Waals surface area (Å²) >= 11 is 0. The van der Waals surface area contributed by atoms with Crippen molar-refractivity contribution < 1.29 is 4.52 Å². The third-order valence-electron chi connectivity index (χ3n) is 4.85. The van der Waals surface area contributed by atoms with Gasteiger partial charge in [0.2, 0.25) is 5.89 Å². The Morgan fingerprint density at radius 1 is 1.32 bits per heavy atom. The summed E-state index contributed by atoms with van der Waals surface area (Å²) in [5.41, 5.74) is 1.07. The molecular formula is C17H25N7O. The minimum Gasteiger partial charge on any atom is -0.354 e. The molecule has 0 spiro atoms. The van der Waals surface area contributed by atoms with E-state index in [4.69, 9.17) is 9.52 Å². The summed E-state index contributed by atoms with van der Waals surface area (Å²) in [6.45, 7) is 1.07. The number of hydrogen-bond acceptors (Lipinski definition) is 5. The van der Waals surface area contributed by atoms with E-state index in [1.165, 1.54) is 38.5 Å². The van der Waals surface area contributed by atoms with Gasteiger partial charge in [0.1, 0.15) is 0 Å². The Kier molecular flexibility index (Phi) is 4.67. The Morgan fingerprint density at radius 3 is 2.88 bits per heavy atom. The van der Waals surface area contributed by atoms with Crippen LogP contribution in [0.25, 0.3) is 0 Å². The highest BCUT2D eigenvalue weighted by Crippen LogP contribution is 2.38. The van der Waals surface area contributed by atoms with E-state index in [-0.39, 0.29) is 0 Å². The molecule has 0 saturated heterocycles. The largest absolute Gasteiger partial charge is 0.354 e. The van der Waals surface area contributed by atoms with E-state index in [0.717, 1.165) is 17.5 Å². The summed E-state index contributed by atoms with van der Waals surface area (Å²) in [7, 11) is 1.93. The van der Waals surface area contributed by atoms with Gasteiger partial charge in [-0.3, -0.25) is 4.68 Å². The molecule has 2 aliphatic carbocycles. The van der Waals surface area contributed by atoms with E-state index in [9.17, 15) is 0 Å². The van der Waals surface area contributed by atoms with Gasteiger partial charge in [-0.1, -0.05) is 18.0 Å². The van der Waals surface area contributed by atoms with Crippen molar-refractivity contribution in [2.75, 3.05) is 0 Å². The third kappa shape index (κ3) is 4.18. The molecule has 2 fully saturated rings. The standard InChI is InChI=1S/C17H25N7O/c1-24-14(8-9-20-24)10-18-17(21-13-4-2-3-5-13)19-11-15-22-16(23-25-15)12-6-7-12/h8-9,12-13H,2-7,10-11H2,1H3,(H2,18,19,21). The average Bonchev–Trinajstić information content (AvgIpc) is 3.01. The van der Waals surface area contributed by atoms with E-state index < -0.39 is 0 Å². The van der Waals surface area contributed by atoms with Gasteiger partial charge < -0.3 is 15.2 Å². The smallest absolute Gasteiger partial charge is 0.246 e. The van der Waals surface area contributed by atoms with Gasteiger partial charge in [-0.05, 0) is 31.7 Å². The normalized spacial score (nSPS) is 18.7. The fourth-order valence-electron chi connectivity index (χ4n) is 3.14. The molecule has 0 aromatic carbocycles. The van der Waals surface area contributed by atoms with Crippen molar-refractivity contribution in [2.24, 2.45) is 12.0 Å². The Hall–Kier alpha value is -2.38. The van der Waals surface area contributed by atoms with Crippen molar-refractivity contribution in [1.82, 2.24) is 30.6 Å². The Balaban J connectivity index is 1.39. The maximum Gasteiger partial charge on any atom is 0.246 e. The van der Waals surface area contributed by atoms with Crippen LogP contribution in [0.4, 0.5) is 0 Å². The second kappa shape index (κ2) is 7.25. The fourth-order valence-corrected chi connectivity index (χ4v) is 3.14. The molecule has 2 aromatic rings. The molecule has 0 atom stereocenters. The van der Waals surface area contributed by atoms with Gasteiger partial charge in [-0.25, -0.2) is 4.99 Å². The molecule has 8 heteroatoms. The summed E-state index contributed by atoms with van der Waals surface area (Å²) < 4.78 is 7.18. The highest BCUT2D eigenvalue weighted by atomic mass is 16.5. The zero-order valence-electron chi connectivity index (χ0n) is 14.6. The number of aliphatic imine (C=N–C) groups is 1. The summed E-state index contributed by atoms with van der Waals surface area (Å²) in [6, 6.07) is 2.47. The Morgan fingerprint density at radius 2 is 2.16 bits per heavy atom. The predicted molar refractivity (Wildman–Crippen MR) is 92.9 cm³/mol. The molecule has 2 saturated carbocycles. The van der Waals surface area contributed by atoms with Crippen molar-refractivity contribution in [3.05, 3.63) is 29.7 Å². The highest BCUT2D eigenvalue weighted by Gasteiger charge is 2.28. The van der Waals surface area contributed by atoms with Crippen LogP contribution in [0.3, 0.4) is 0 Å². The lowest BCUT2D eigenvalue weighted by molar-refractivity contribution is 0.369. The molecule has 2 aliphatic rings. The lowest BCUT2D eigenvalue weighted by atomic mass is 10.2. The van der Waals surface area contributed by atoms with Gasteiger partial charge in [0, 0.05) is 25.2 Å². The maximum absolute atomic E-state index is 5.34. The summed E-state index contributed by atoms with van der Waals surface area (Å²) in [6.07, 6.45) is 9.08. The molecule has 0 bridgehead atoms. The van der Waals surface area contributed by atoms with E-state index in [0.29, 0.717) is 30.9 Å². The second-order valence-corrected chi connectivity index (χ2v) is 6.91. The van der Waals surface area contributed by atoms with Gasteiger partial charge in [-0.2, -0.15) is 10.1 Å². The molecule has 4 rings (SSSR count). The van der Waals surface area contributed by atoms with Crippen LogP contribution in [0.1, 0.15) is 61.9 Å². The zero-order valence-corrected chi connectivity index (χ0v) is 14.6. The minimum atomic E-state index is 0.488. The van der Waals surface area contributed by atoms with Gasteiger partial charge in [0.05, 0.1) is 18.8 Å². The first kappa shape index (κ1) is 16.1. The van der Waals surface area contributed by atoms with Gasteiger partial charge in [-0.15, -0.1) is 0 Å². The van der Waals surface area contributed by atoms with Crippen LogP contribution in [0.15, 0.2) is 21.8 Å². The van der Waals surface area contributed by atoms with Crippen LogP contribution in [0, 0.1) is 0 Å². The summed E-state index contributed by atoms with van der Waals surface area (Å²) in [5, 5.41) is 15.1. The number of nitrogens with zero attached hydrogens (tertiary/aromatic N) is 5. The SMILES string of the molecule is Cn1nccc1CN=C(NCc1nc(C2CC2)no1)NC1CCCC1. The van der Waals surface area contributed by atoms with Crippen molar-refractivity contribution >= 4 is 5.96 Å². The van der Waals surface area contributed by atoms with E-state index in [1.54, 1.807) is 6.20 Å². The summed E-state index contributed by atoms with van der Waals surface area (Å²) in [5.74, 6) is 2.75. The number of aryl methyl sites for hydroxylation is 1. The second-order valence-electron chi connectivity index (χ2n) is 6.91. The number of nitrogens with one attached hydrogen (secondary N) is 2. The predicted octanol–water partition coefficient (Wildman–Crippen LogP) is 1.86. The Bertz CT molecular complexity index is 725. The van der Waals surface area contributed by atoms with Crippen molar-refractivity contribution in [2.45, 2.75) is 63.6 Å². The molecule has 0 unspecified atom stereocenters. The number of aromatic nitrogens is 4. The van der Waals surface area contributed by atoms with Gasteiger partial charge in [0.25, 0.3) is 0 Å². The first-order valence-corrected chi connectivity index (χ1v) is 9.12. The van der Waals surface area contributed by atoms with E-state index >= 15 is 0 Å². The van der Waals surface area contributed by atoms with Crippen molar-refractivity contribution in [3.63, 3.8) is 0 Å². The lowest BCUT2D eigenvalue weighted by Gasteiger charge is -2.16. The van der Waals surface area contributed by atoms with Crippen molar-refractivity contribution in [3.8, 4) is 0 Å². The van der Waals surface area contributed by atoms with Gasteiger partial charge in [0.15, 0.2) is 11.8 Å². The number of hydrogen-bond donors (Lipinski definition) is 2. The molecule has 8 nitrogen and oxygen atoms in total.